The van der Waals surface area contributed by atoms with Gasteiger partial charge in [0, 0.05) is 19.3 Å². The van der Waals surface area contributed by atoms with Crippen LogP contribution in [0.2, 0.25) is 0 Å². The van der Waals surface area contributed by atoms with Crippen molar-refractivity contribution in [2.75, 3.05) is 19.5 Å². The molecule has 1 fully saturated rings. The van der Waals surface area contributed by atoms with Crippen molar-refractivity contribution in [3.8, 4) is 0 Å². The Morgan fingerprint density at radius 2 is 2.33 bits per heavy atom. The molecule has 18 heavy (non-hydrogen) atoms. The van der Waals surface area contributed by atoms with E-state index in [9.17, 15) is 8.42 Å². The summed E-state index contributed by atoms with van der Waals surface area (Å²) in [6.07, 6.45) is 3.71. The van der Waals surface area contributed by atoms with Crippen LogP contribution in [0.25, 0.3) is 0 Å². The summed E-state index contributed by atoms with van der Waals surface area (Å²) in [5.41, 5.74) is 0.896. The van der Waals surface area contributed by atoms with Crippen molar-refractivity contribution in [1.29, 1.82) is 0 Å². The molecule has 100 valence electrons. The van der Waals surface area contributed by atoms with Gasteiger partial charge in [0.15, 0.2) is 0 Å². The minimum absolute atomic E-state index is 0.0562. The van der Waals surface area contributed by atoms with Crippen molar-refractivity contribution in [2.24, 2.45) is 0 Å². The van der Waals surface area contributed by atoms with Gasteiger partial charge in [0.1, 0.15) is 3.70 Å². The van der Waals surface area contributed by atoms with Crippen LogP contribution in [0, 0.1) is 3.70 Å². The summed E-state index contributed by atoms with van der Waals surface area (Å²) in [6.45, 7) is 1.46. The third-order valence-corrected chi connectivity index (χ3v) is 4.78. The molecule has 1 aliphatic heterocycles. The van der Waals surface area contributed by atoms with Crippen molar-refractivity contribution >= 4 is 32.6 Å². The van der Waals surface area contributed by atoms with E-state index in [1.807, 2.05) is 12.1 Å². The second-order valence-corrected chi connectivity index (χ2v) is 7.36. The minimum atomic E-state index is -3.23. The summed E-state index contributed by atoms with van der Waals surface area (Å²) in [7, 11) is -3.23. The summed E-state index contributed by atoms with van der Waals surface area (Å²) < 4.78 is 31.3. The van der Waals surface area contributed by atoms with E-state index in [1.54, 1.807) is 6.20 Å². The van der Waals surface area contributed by atoms with Gasteiger partial charge in [-0.25, -0.2) is 13.4 Å². The highest BCUT2D eigenvalue weighted by molar-refractivity contribution is 14.1. The highest BCUT2D eigenvalue weighted by Gasteiger charge is 2.29. The number of halogens is 1. The van der Waals surface area contributed by atoms with Gasteiger partial charge in [-0.2, -0.15) is 4.31 Å². The maximum atomic E-state index is 11.8. The SMILES string of the molecule is CS(=O)(=O)N(Cc1ccc(I)nc1)C1CCOC1. The number of nitrogens with zero attached hydrogens (tertiary/aromatic N) is 2. The summed E-state index contributed by atoms with van der Waals surface area (Å²) in [5.74, 6) is 0. The summed E-state index contributed by atoms with van der Waals surface area (Å²) >= 11 is 2.12. The lowest BCUT2D eigenvalue weighted by Gasteiger charge is -2.25. The first-order chi connectivity index (χ1) is 8.47. The smallest absolute Gasteiger partial charge is 0.211 e. The van der Waals surface area contributed by atoms with Gasteiger partial charge in [0.05, 0.1) is 18.9 Å². The van der Waals surface area contributed by atoms with Crippen LogP contribution in [0.1, 0.15) is 12.0 Å². The Balaban J connectivity index is 2.17. The van der Waals surface area contributed by atoms with Crippen molar-refractivity contribution < 1.29 is 13.2 Å². The largest absolute Gasteiger partial charge is 0.380 e. The van der Waals surface area contributed by atoms with E-state index >= 15 is 0 Å². The van der Waals surface area contributed by atoms with Crippen LogP contribution in [-0.2, 0) is 21.3 Å². The molecule has 7 heteroatoms. The Kier molecular flexibility index (Phi) is 4.57. The molecule has 1 atom stereocenters. The van der Waals surface area contributed by atoms with Crippen LogP contribution in [0.5, 0.6) is 0 Å². The Morgan fingerprint density at radius 3 is 2.83 bits per heavy atom. The summed E-state index contributed by atoms with van der Waals surface area (Å²) in [6, 6.07) is 3.73. The number of pyridine rings is 1. The van der Waals surface area contributed by atoms with Crippen LogP contribution in [0.15, 0.2) is 18.3 Å². The summed E-state index contributed by atoms with van der Waals surface area (Å²) in [4.78, 5) is 4.17. The van der Waals surface area contributed by atoms with E-state index in [0.717, 1.165) is 15.7 Å². The minimum Gasteiger partial charge on any atom is -0.380 e. The van der Waals surface area contributed by atoms with E-state index in [4.69, 9.17) is 4.74 Å². The third-order valence-electron chi connectivity index (χ3n) is 2.87. The zero-order valence-electron chi connectivity index (χ0n) is 10.0. The molecule has 1 unspecified atom stereocenters. The maximum absolute atomic E-state index is 11.8. The predicted octanol–water partition coefficient (Wildman–Crippen LogP) is 1.24. The van der Waals surface area contributed by atoms with Gasteiger partial charge in [-0.1, -0.05) is 6.07 Å². The lowest BCUT2D eigenvalue weighted by molar-refractivity contribution is 0.175. The molecule has 0 aromatic carbocycles. The average Bonchev–Trinajstić information content (AvgIpc) is 2.80. The van der Waals surface area contributed by atoms with Gasteiger partial charge < -0.3 is 4.74 Å². The molecule has 1 saturated heterocycles. The van der Waals surface area contributed by atoms with Crippen molar-refractivity contribution in [1.82, 2.24) is 9.29 Å². The predicted molar refractivity (Wildman–Crippen MR) is 76.6 cm³/mol. The quantitative estimate of drug-likeness (QED) is 0.581. The van der Waals surface area contributed by atoms with Crippen LogP contribution >= 0.6 is 22.6 Å². The zero-order valence-corrected chi connectivity index (χ0v) is 13.0. The lowest BCUT2D eigenvalue weighted by Crippen LogP contribution is -2.39. The van der Waals surface area contributed by atoms with Gasteiger partial charge in [0.25, 0.3) is 0 Å². The first-order valence-electron chi connectivity index (χ1n) is 5.62. The zero-order chi connectivity index (χ0) is 13.2. The first kappa shape index (κ1) is 14.2. The van der Waals surface area contributed by atoms with E-state index in [0.29, 0.717) is 19.8 Å². The molecular weight excluding hydrogens is 367 g/mol. The highest BCUT2D eigenvalue weighted by atomic mass is 127. The molecule has 0 saturated carbocycles. The van der Waals surface area contributed by atoms with E-state index < -0.39 is 10.0 Å². The number of aromatic nitrogens is 1. The van der Waals surface area contributed by atoms with Gasteiger partial charge in [-0.05, 0) is 40.6 Å². The van der Waals surface area contributed by atoms with Crippen LogP contribution in [-0.4, -0.2) is 43.2 Å². The molecule has 0 bridgehead atoms. The molecule has 0 amide bonds. The van der Waals surface area contributed by atoms with E-state index in [-0.39, 0.29) is 6.04 Å². The fourth-order valence-electron chi connectivity index (χ4n) is 1.95. The van der Waals surface area contributed by atoms with Crippen LogP contribution < -0.4 is 0 Å². The Labute approximate surface area is 121 Å². The number of hydrogen-bond acceptors (Lipinski definition) is 4. The molecule has 2 heterocycles. The van der Waals surface area contributed by atoms with Crippen LogP contribution in [0.4, 0.5) is 0 Å². The fraction of sp³-hybridized carbons (Fsp3) is 0.545. The monoisotopic (exact) mass is 382 g/mol. The summed E-state index contributed by atoms with van der Waals surface area (Å²) in [5, 5.41) is 0. The molecule has 0 spiro atoms. The Morgan fingerprint density at radius 1 is 1.56 bits per heavy atom. The number of hydrogen-bond donors (Lipinski definition) is 0. The average molecular weight is 382 g/mol. The molecule has 0 radical (unpaired) electrons. The number of rotatable bonds is 4. The van der Waals surface area contributed by atoms with Crippen molar-refractivity contribution in [2.45, 2.75) is 19.0 Å². The molecule has 1 aromatic rings. The lowest BCUT2D eigenvalue weighted by atomic mass is 10.2. The Bertz CT molecular complexity index is 498. The van der Waals surface area contributed by atoms with E-state index in [2.05, 4.69) is 27.6 Å². The van der Waals surface area contributed by atoms with Gasteiger partial charge in [-0.15, -0.1) is 0 Å². The van der Waals surface area contributed by atoms with Crippen molar-refractivity contribution in [3.05, 3.63) is 27.6 Å². The molecular formula is C11H15IN2O3S. The maximum Gasteiger partial charge on any atom is 0.211 e. The standard InChI is InChI=1S/C11H15IN2O3S/c1-18(15,16)14(10-4-5-17-8-10)7-9-2-3-11(12)13-6-9/h2-3,6,10H,4-5,7-8H2,1H3. The normalized spacial score (nSPS) is 20.5. The molecule has 1 aliphatic rings. The second-order valence-electron chi connectivity index (χ2n) is 4.31. The molecule has 2 rings (SSSR count). The molecule has 0 N–H and O–H groups in total. The van der Waals surface area contributed by atoms with Gasteiger partial charge >= 0.3 is 0 Å². The number of ether oxygens (including phenoxy) is 1. The van der Waals surface area contributed by atoms with E-state index in [1.165, 1.54) is 10.6 Å². The fourth-order valence-corrected chi connectivity index (χ4v) is 3.36. The molecule has 5 nitrogen and oxygen atoms in total. The third kappa shape index (κ3) is 3.62. The highest BCUT2D eigenvalue weighted by Crippen LogP contribution is 2.19. The molecule has 1 aromatic heterocycles. The van der Waals surface area contributed by atoms with Crippen molar-refractivity contribution in [3.63, 3.8) is 0 Å². The number of sulfonamides is 1. The second kappa shape index (κ2) is 5.81. The van der Waals surface area contributed by atoms with Gasteiger partial charge in [-0.3, -0.25) is 0 Å². The van der Waals surface area contributed by atoms with Crippen LogP contribution in [0.3, 0.4) is 0 Å². The van der Waals surface area contributed by atoms with Gasteiger partial charge in [0.2, 0.25) is 10.0 Å². The Hall–Kier alpha value is -0.250. The molecule has 0 aliphatic carbocycles. The first-order valence-corrected chi connectivity index (χ1v) is 8.54. The topological polar surface area (TPSA) is 59.5 Å².